The first kappa shape index (κ1) is 12.4. The Morgan fingerprint density at radius 1 is 1.47 bits per heavy atom. The Balaban J connectivity index is 2.43. The molecule has 2 nitrogen and oxygen atoms in total. The van der Waals surface area contributed by atoms with E-state index < -0.39 is 0 Å². The number of esters is 1. The summed E-state index contributed by atoms with van der Waals surface area (Å²) < 4.78 is 4.65. The van der Waals surface area contributed by atoms with Gasteiger partial charge in [-0.3, -0.25) is 4.79 Å². The molecule has 15 heavy (non-hydrogen) atoms. The Hall–Kier alpha value is -0.670. The first-order valence-corrected chi connectivity index (χ1v) is 5.96. The molecule has 0 aliphatic carbocycles. The van der Waals surface area contributed by atoms with Crippen LogP contribution in [0, 0.1) is 5.92 Å². The predicted octanol–water partition coefficient (Wildman–Crippen LogP) is 3.24. The van der Waals surface area contributed by atoms with Crippen LogP contribution in [0.4, 0.5) is 0 Å². The zero-order valence-electron chi connectivity index (χ0n) is 8.70. The highest BCUT2D eigenvalue weighted by Gasteiger charge is 2.12. The van der Waals surface area contributed by atoms with E-state index in [4.69, 9.17) is 11.6 Å². The van der Waals surface area contributed by atoms with Crippen molar-refractivity contribution < 1.29 is 9.53 Å². The van der Waals surface area contributed by atoms with Crippen LogP contribution < -0.4 is 0 Å². The molecule has 1 aromatic rings. The standard InChI is InChI=1S/C11H13ClO2S/c1-8(11(13)14-2)7-15-10-5-3-9(12)4-6-10/h3-6,8H,7H2,1-2H3/t8-/m0/s1. The van der Waals surface area contributed by atoms with Gasteiger partial charge in [-0.15, -0.1) is 11.8 Å². The van der Waals surface area contributed by atoms with Crippen molar-refractivity contribution in [2.45, 2.75) is 11.8 Å². The second kappa shape index (κ2) is 6.03. The van der Waals surface area contributed by atoms with Crippen molar-refractivity contribution in [2.75, 3.05) is 12.9 Å². The minimum Gasteiger partial charge on any atom is -0.469 e. The molecule has 0 aliphatic rings. The van der Waals surface area contributed by atoms with E-state index in [0.717, 1.165) is 9.92 Å². The van der Waals surface area contributed by atoms with Crippen LogP contribution in [0.1, 0.15) is 6.92 Å². The van der Waals surface area contributed by atoms with Crippen LogP contribution in [-0.4, -0.2) is 18.8 Å². The lowest BCUT2D eigenvalue weighted by atomic mass is 10.2. The van der Waals surface area contributed by atoms with E-state index in [2.05, 4.69) is 4.74 Å². The van der Waals surface area contributed by atoms with Gasteiger partial charge in [0, 0.05) is 15.7 Å². The Morgan fingerprint density at radius 2 is 2.07 bits per heavy atom. The molecule has 0 aromatic heterocycles. The number of rotatable bonds is 4. The summed E-state index contributed by atoms with van der Waals surface area (Å²) in [5.74, 6) is 0.459. The maximum atomic E-state index is 11.1. The third-order valence-electron chi connectivity index (χ3n) is 1.92. The summed E-state index contributed by atoms with van der Waals surface area (Å²) in [6.07, 6.45) is 0. The lowest BCUT2D eigenvalue weighted by Gasteiger charge is -2.08. The monoisotopic (exact) mass is 244 g/mol. The summed E-state index contributed by atoms with van der Waals surface area (Å²) >= 11 is 7.39. The molecule has 0 bridgehead atoms. The number of carbonyl (C=O) groups excluding carboxylic acids is 1. The third kappa shape index (κ3) is 4.14. The Bertz CT molecular complexity index is 324. The predicted molar refractivity (Wildman–Crippen MR) is 63.4 cm³/mol. The van der Waals surface area contributed by atoms with E-state index in [1.54, 1.807) is 11.8 Å². The molecule has 1 aromatic carbocycles. The summed E-state index contributed by atoms with van der Waals surface area (Å²) in [5, 5.41) is 0.723. The molecule has 0 saturated heterocycles. The SMILES string of the molecule is COC(=O)[C@@H](C)CSc1ccc(Cl)cc1. The van der Waals surface area contributed by atoms with Crippen molar-refractivity contribution in [3.05, 3.63) is 29.3 Å². The van der Waals surface area contributed by atoms with E-state index in [1.807, 2.05) is 31.2 Å². The normalized spacial score (nSPS) is 12.2. The van der Waals surface area contributed by atoms with Gasteiger partial charge in [0.1, 0.15) is 0 Å². The number of hydrogen-bond donors (Lipinski definition) is 0. The summed E-state index contributed by atoms with van der Waals surface area (Å²) in [7, 11) is 1.41. The fraction of sp³-hybridized carbons (Fsp3) is 0.364. The smallest absolute Gasteiger partial charge is 0.309 e. The zero-order valence-corrected chi connectivity index (χ0v) is 10.3. The molecule has 0 heterocycles. The van der Waals surface area contributed by atoms with Crippen molar-refractivity contribution in [1.29, 1.82) is 0 Å². The van der Waals surface area contributed by atoms with Gasteiger partial charge in [0.05, 0.1) is 13.0 Å². The van der Waals surface area contributed by atoms with E-state index in [1.165, 1.54) is 7.11 Å². The first-order valence-electron chi connectivity index (χ1n) is 4.59. The molecule has 0 radical (unpaired) electrons. The van der Waals surface area contributed by atoms with E-state index in [9.17, 15) is 4.79 Å². The van der Waals surface area contributed by atoms with Gasteiger partial charge in [0.15, 0.2) is 0 Å². The molecule has 82 valence electrons. The average Bonchev–Trinajstić information content (AvgIpc) is 2.26. The number of carbonyl (C=O) groups is 1. The summed E-state index contributed by atoms with van der Waals surface area (Å²) in [5.41, 5.74) is 0. The quantitative estimate of drug-likeness (QED) is 0.601. The molecule has 0 saturated carbocycles. The van der Waals surface area contributed by atoms with Crippen LogP contribution in [0.5, 0.6) is 0 Å². The molecular formula is C11H13ClO2S. The molecule has 0 unspecified atom stereocenters. The number of hydrogen-bond acceptors (Lipinski definition) is 3. The molecule has 4 heteroatoms. The number of methoxy groups -OCH3 is 1. The second-order valence-electron chi connectivity index (χ2n) is 3.19. The van der Waals surface area contributed by atoms with Crippen molar-refractivity contribution in [2.24, 2.45) is 5.92 Å². The number of ether oxygens (including phenoxy) is 1. The van der Waals surface area contributed by atoms with Gasteiger partial charge in [-0.2, -0.15) is 0 Å². The molecular weight excluding hydrogens is 232 g/mol. The van der Waals surface area contributed by atoms with Gasteiger partial charge in [0.2, 0.25) is 0 Å². The summed E-state index contributed by atoms with van der Waals surface area (Å²) in [6, 6.07) is 7.56. The summed E-state index contributed by atoms with van der Waals surface area (Å²) in [4.78, 5) is 12.2. The molecule has 0 N–H and O–H groups in total. The second-order valence-corrected chi connectivity index (χ2v) is 4.72. The Kier molecular flexibility index (Phi) is 4.99. The van der Waals surface area contributed by atoms with Gasteiger partial charge in [-0.25, -0.2) is 0 Å². The van der Waals surface area contributed by atoms with Gasteiger partial charge in [0.25, 0.3) is 0 Å². The maximum absolute atomic E-state index is 11.1. The third-order valence-corrected chi connectivity index (χ3v) is 3.44. The largest absolute Gasteiger partial charge is 0.469 e. The van der Waals surface area contributed by atoms with Crippen molar-refractivity contribution in [3.63, 3.8) is 0 Å². The Morgan fingerprint density at radius 3 is 2.60 bits per heavy atom. The first-order chi connectivity index (χ1) is 7.13. The highest BCUT2D eigenvalue weighted by Crippen LogP contribution is 2.22. The lowest BCUT2D eigenvalue weighted by Crippen LogP contribution is -2.14. The highest BCUT2D eigenvalue weighted by atomic mass is 35.5. The van der Waals surface area contributed by atoms with Crippen molar-refractivity contribution >= 4 is 29.3 Å². The molecule has 0 aliphatic heterocycles. The van der Waals surface area contributed by atoms with Gasteiger partial charge in [-0.05, 0) is 24.3 Å². The van der Waals surface area contributed by atoms with E-state index in [-0.39, 0.29) is 11.9 Å². The van der Waals surface area contributed by atoms with Crippen LogP contribution in [-0.2, 0) is 9.53 Å². The van der Waals surface area contributed by atoms with Crippen LogP contribution in [0.15, 0.2) is 29.2 Å². The molecule has 1 rings (SSSR count). The fourth-order valence-corrected chi connectivity index (χ4v) is 2.05. The molecule has 1 atom stereocenters. The van der Waals surface area contributed by atoms with E-state index in [0.29, 0.717) is 5.75 Å². The minimum atomic E-state index is -0.170. The highest BCUT2D eigenvalue weighted by molar-refractivity contribution is 7.99. The number of thioether (sulfide) groups is 1. The van der Waals surface area contributed by atoms with Crippen molar-refractivity contribution in [1.82, 2.24) is 0 Å². The van der Waals surface area contributed by atoms with Crippen LogP contribution in [0.3, 0.4) is 0 Å². The van der Waals surface area contributed by atoms with Gasteiger partial charge >= 0.3 is 5.97 Å². The molecule has 0 fully saturated rings. The summed E-state index contributed by atoms with van der Waals surface area (Å²) in [6.45, 7) is 1.86. The fourth-order valence-electron chi connectivity index (χ4n) is 1.02. The average molecular weight is 245 g/mol. The topological polar surface area (TPSA) is 26.3 Å². The van der Waals surface area contributed by atoms with Gasteiger partial charge in [-0.1, -0.05) is 18.5 Å². The van der Waals surface area contributed by atoms with Crippen molar-refractivity contribution in [3.8, 4) is 0 Å². The zero-order chi connectivity index (χ0) is 11.3. The van der Waals surface area contributed by atoms with Crippen LogP contribution in [0.2, 0.25) is 5.02 Å². The Labute approximate surface area is 99.0 Å². The lowest BCUT2D eigenvalue weighted by molar-refractivity contribution is -0.143. The molecule has 0 spiro atoms. The van der Waals surface area contributed by atoms with Gasteiger partial charge < -0.3 is 4.74 Å². The number of halogens is 1. The maximum Gasteiger partial charge on any atom is 0.309 e. The van der Waals surface area contributed by atoms with Crippen LogP contribution >= 0.6 is 23.4 Å². The van der Waals surface area contributed by atoms with E-state index >= 15 is 0 Å². The number of benzene rings is 1. The molecule has 0 amide bonds. The minimum absolute atomic E-state index is 0.0873. The van der Waals surface area contributed by atoms with Crippen LogP contribution in [0.25, 0.3) is 0 Å².